The standard InChI is InChI=1S/C13H27NO2Si/c1-12(2,3)16-11(15)13(14)7-10(8-13)9-17(4,5)6/h10H,7-9,14H2,1-6H3. The molecule has 0 aromatic carbocycles. The highest BCUT2D eigenvalue weighted by atomic mass is 28.3. The van der Waals surface area contributed by atoms with Gasteiger partial charge in [0.05, 0.1) is 0 Å². The fraction of sp³-hybridized carbons (Fsp3) is 0.923. The molecule has 0 bridgehead atoms. The Labute approximate surface area is 106 Å². The fourth-order valence-corrected chi connectivity index (χ4v) is 4.55. The van der Waals surface area contributed by atoms with Crippen molar-refractivity contribution in [2.75, 3.05) is 0 Å². The van der Waals surface area contributed by atoms with Crippen LogP contribution in [0.4, 0.5) is 0 Å². The van der Waals surface area contributed by atoms with E-state index in [2.05, 4.69) is 19.6 Å². The van der Waals surface area contributed by atoms with Gasteiger partial charge >= 0.3 is 5.97 Å². The van der Waals surface area contributed by atoms with Gasteiger partial charge in [-0.3, -0.25) is 4.79 Å². The Balaban J connectivity index is 2.46. The number of nitrogens with two attached hydrogens (primary N) is 1. The third kappa shape index (κ3) is 4.43. The van der Waals surface area contributed by atoms with Gasteiger partial charge in [-0.05, 0) is 39.5 Å². The number of carbonyl (C=O) groups is 1. The minimum atomic E-state index is -1.04. The Morgan fingerprint density at radius 1 is 1.35 bits per heavy atom. The molecule has 100 valence electrons. The molecule has 0 saturated heterocycles. The summed E-state index contributed by atoms with van der Waals surface area (Å²) in [6.45, 7) is 12.7. The zero-order valence-corrected chi connectivity index (χ0v) is 13.1. The van der Waals surface area contributed by atoms with Gasteiger partial charge in [-0.1, -0.05) is 25.7 Å². The summed E-state index contributed by atoms with van der Waals surface area (Å²) in [5, 5.41) is 0. The van der Waals surface area contributed by atoms with Crippen molar-refractivity contribution >= 4 is 14.0 Å². The van der Waals surface area contributed by atoms with Gasteiger partial charge in [0.1, 0.15) is 11.1 Å². The zero-order chi connectivity index (χ0) is 13.5. The molecule has 1 aliphatic carbocycles. The Kier molecular flexibility index (Phi) is 3.80. The van der Waals surface area contributed by atoms with E-state index in [1.807, 2.05) is 20.8 Å². The molecule has 0 aliphatic heterocycles. The maximum Gasteiger partial charge on any atom is 0.326 e. The van der Waals surface area contributed by atoms with Crippen LogP contribution in [-0.4, -0.2) is 25.2 Å². The highest BCUT2D eigenvalue weighted by molar-refractivity contribution is 6.76. The molecule has 3 nitrogen and oxygen atoms in total. The van der Waals surface area contributed by atoms with Crippen LogP contribution in [0.2, 0.25) is 25.7 Å². The van der Waals surface area contributed by atoms with Crippen molar-refractivity contribution in [3.8, 4) is 0 Å². The van der Waals surface area contributed by atoms with E-state index in [0.717, 1.165) is 12.8 Å². The number of ether oxygens (including phenoxy) is 1. The molecule has 0 heterocycles. The molecule has 0 spiro atoms. The average molecular weight is 257 g/mol. The lowest BCUT2D eigenvalue weighted by Gasteiger charge is -2.45. The van der Waals surface area contributed by atoms with Crippen LogP contribution in [0, 0.1) is 5.92 Å². The summed E-state index contributed by atoms with van der Waals surface area (Å²) in [6, 6.07) is 1.26. The second-order valence-electron chi connectivity index (χ2n) is 7.70. The van der Waals surface area contributed by atoms with E-state index >= 15 is 0 Å². The molecule has 1 fully saturated rings. The summed E-state index contributed by atoms with van der Waals surface area (Å²) < 4.78 is 5.37. The number of carbonyl (C=O) groups excluding carboxylic acids is 1. The van der Waals surface area contributed by atoms with E-state index in [4.69, 9.17) is 10.5 Å². The van der Waals surface area contributed by atoms with E-state index in [1.54, 1.807) is 0 Å². The molecule has 1 aliphatic rings. The first-order valence-electron chi connectivity index (χ1n) is 6.44. The Morgan fingerprint density at radius 2 is 1.82 bits per heavy atom. The van der Waals surface area contributed by atoms with Crippen molar-refractivity contribution in [2.24, 2.45) is 11.7 Å². The smallest absolute Gasteiger partial charge is 0.326 e. The van der Waals surface area contributed by atoms with Gasteiger partial charge in [-0.15, -0.1) is 0 Å². The van der Waals surface area contributed by atoms with Gasteiger partial charge in [-0.25, -0.2) is 0 Å². The molecule has 0 unspecified atom stereocenters. The molecule has 17 heavy (non-hydrogen) atoms. The van der Waals surface area contributed by atoms with Gasteiger partial charge in [0.2, 0.25) is 0 Å². The summed E-state index contributed by atoms with van der Waals surface area (Å²) in [6.07, 6.45) is 1.60. The molecular weight excluding hydrogens is 230 g/mol. The van der Waals surface area contributed by atoms with Crippen molar-refractivity contribution < 1.29 is 9.53 Å². The molecular formula is C13H27NO2Si. The molecule has 0 aromatic rings. The molecule has 0 aromatic heterocycles. The van der Waals surface area contributed by atoms with Gasteiger partial charge < -0.3 is 10.5 Å². The summed E-state index contributed by atoms with van der Waals surface area (Å²) in [5.74, 6) is 0.399. The first kappa shape index (κ1) is 14.7. The maximum atomic E-state index is 11.9. The lowest BCUT2D eigenvalue weighted by Crippen LogP contribution is -2.60. The normalized spacial score (nSPS) is 29.7. The van der Waals surface area contributed by atoms with Crippen molar-refractivity contribution in [3.63, 3.8) is 0 Å². The predicted molar refractivity (Wildman–Crippen MR) is 73.6 cm³/mol. The number of esters is 1. The van der Waals surface area contributed by atoms with E-state index in [-0.39, 0.29) is 5.97 Å². The molecule has 1 saturated carbocycles. The highest BCUT2D eigenvalue weighted by Crippen LogP contribution is 2.42. The summed E-state index contributed by atoms with van der Waals surface area (Å²) in [7, 11) is -1.04. The van der Waals surface area contributed by atoms with E-state index in [1.165, 1.54) is 6.04 Å². The maximum absolute atomic E-state index is 11.9. The Morgan fingerprint density at radius 3 is 2.18 bits per heavy atom. The first-order chi connectivity index (χ1) is 7.41. The van der Waals surface area contributed by atoms with Crippen LogP contribution in [0.25, 0.3) is 0 Å². The monoisotopic (exact) mass is 257 g/mol. The molecule has 0 atom stereocenters. The number of hydrogen-bond donors (Lipinski definition) is 1. The number of hydrogen-bond acceptors (Lipinski definition) is 3. The van der Waals surface area contributed by atoms with E-state index in [0.29, 0.717) is 5.92 Å². The minimum Gasteiger partial charge on any atom is -0.459 e. The second-order valence-corrected chi connectivity index (χ2v) is 13.2. The van der Waals surface area contributed by atoms with E-state index in [9.17, 15) is 4.79 Å². The third-order valence-electron chi connectivity index (χ3n) is 3.01. The number of rotatable bonds is 3. The van der Waals surface area contributed by atoms with Crippen molar-refractivity contribution in [3.05, 3.63) is 0 Å². The minimum absolute atomic E-state index is 0.225. The van der Waals surface area contributed by atoms with Crippen molar-refractivity contribution in [2.45, 2.75) is 70.4 Å². The van der Waals surface area contributed by atoms with Crippen LogP contribution >= 0.6 is 0 Å². The summed E-state index contributed by atoms with van der Waals surface area (Å²) in [4.78, 5) is 11.9. The highest BCUT2D eigenvalue weighted by Gasteiger charge is 2.49. The van der Waals surface area contributed by atoms with Crippen LogP contribution in [0.3, 0.4) is 0 Å². The van der Waals surface area contributed by atoms with Crippen molar-refractivity contribution in [1.29, 1.82) is 0 Å². The molecule has 0 radical (unpaired) electrons. The molecule has 1 rings (SSSR count). The van der Waals surface area contributed by atoms with Crippen LogP contribution < -0.4 is 5.73 Å². The fourth-order valence-electron chi connectivity index (χ4n) is 2.53. The average Bonchev–Trinajstić information content (AvgIpc) is 1.94. The topological polar surface area (TPSA) is 52.3 Å². The van der Waals surface area contributed by atoms with E-state index < -0.39 is 19.2 Å². The zero-order valence-electron chi connectivity index (χ0n) is 12.1. The largest absolute Gasteiger partial charge is 0.459 e. The lowest BCUT2D eigenvalue weighted by molar-refractivity contribution is -0.167. The molecule has 4 heteroatoms. The SMILES string of the molecule is CC(C)(C)OC(=O)C1(N)CC(C[Si](C)(C)C)C1. The molecule has 2 N–H and O–H groups in total. The third-order valence-corrected chi connectivity index (χ3v) is 4.81. The van der Waals surface area contributed by atoms with Crippen LogP contribution in [0.5, 0.6) is 0 Å². The Bertz CT molecular complexity index is 296. The first-order valence-corrected chi connectivity index (χ1v) is 10.1. The lowest BCUT2D eigenvalue weighted by atomic mass is 9.69. The van der Waals surface area contributed by atoms with Gasteiger partial charge in [0.15, 0.2) is 0 Å². The van der Waals surface area contributed by atoms with Gasteiger partial charge in [-0.2, -0.15) is 0 Å². The summed E-state index contributed by atoms with van der Waals surface area (Å²) in [5.41, 5.74) is 4.96. The van der Waals surface area contributed by atoms with Crippen LogP contribution in [-0.2, 0) is 9.53 Å². The Hall–Kier alpha value is -0.353. The van der Waals surface area contributed by atoms with Crippen LogP contribution in [0.15, 0.2) is 0 Å². The van der Waals surface area contributed by atoms with Gasteiger partial charge in [0, 0.05) is 8.07 Å². The van der Waals surface area contributed by atoms with Crippen LogP contribution in [0.1, 0.15) is 33.6 Å². The van der Waals surface area contributed by atoms with Gasteiger partial charge in [0.25, 0.3) is 0 Å². The molecule has 0 amide bonds. The summed E-state index contributed by atoms with van der Waals surface area (Å²) >= 11 is 0. The quantitative estimate of drug-likeness (QED) is 0.625. The predicted octanol–water partition coefficient (Wildman–Crippen LogP) is 2.77. The van der Waals surface area contributed by atoms with Crippen molar-refractivity contribution in [1.82, 2.24) is 0 Å². The second kappa shape index (κ2) is 4.39.